The highest BCUT2D eigenvalue weighted by Crippen LogP contribution is 2.29. The number of aliphatic hydroxyl groups is 1. The second kappa shape index (κ2) is 9.25. The summed E-state index contributed by atoms with van der Waals surface area (Å²) < 4.78 is 1.95. The van der Waals surface area contributed by atoms with E-state index < -0.39 is 5.60 Å². The van der Waals surface area contributed by atoms with E-state index in [-0.39, 0.29) is 16.8 Å². The molecule has 172 valence electrons. The van der Waals surface area contributed by atoms with Crippen molar-refractivity contribution < 1.29 is 10.2 Å². The van der Waals surface area contributed by atoms with Crippen LogP contribution in [0.5, 0.6) is 5.75 Å². The van der Waals surface area contributed by atoms with Crippen molar-refractivity contribution >= 4 is 34.5 Å². The number of aromatic nitrogens is 4. The Kier molecular flexibility index (Phi) is 6.40. The third-order valence-electron chi connectivity index (χ3n) is 5.58. The molecule has 0 saturated carbocycles. The molecular weight excluding hydrogens is 440 g/mol. The van der Waals surface area contributed by atoms with Gasteiger partial charge in [-0.1, -0.05) is 54.1 Å². The van der Waals surface area contributed by atoms with Gasteiger partial charge in [0.1, 0.15) is 5.75 Å². The van der Waals surface area contributed by atoms with E-state index >= 15 is 0 Å². The lowest BCUT2D eigenvalue weighted by Crippen LogP contribution is -2.39. The SMILES string of the molecule is CC(Nc1nc(NCc2cccc(Cl)c2O)c2ncn(Cc3ccccc3)c2n1)C(C)(C)O. The van der Waals surface area contributed by atoms with Crippen LogP contribution in [-0.4, -0.2) is 41.4 Å². The Morgan fingerprint density at radius 2 is 1.85 bits per heavy atom. The first-order valence-corrected chi connectivity index (χ1v) is 11.1. The number of nitrogens with zero attached hydrogens (tertiary/aromatic N) is 4. The average molecular weight is 467 g/mol. The molecule has 0 fully saturated rings. The number of para-hydroxylation sites is 1. The summed E-state index contributed by atoms with van der Waals surface area (Å²) in [6, 6.07) is 15.0. The van der Waals surface area contributed by atoms with Gasteiger partial charge in [-0.15, -0.1) is 0 Å². The zero-order valence-electron chi connectivity index (χ0n) is 18.7. The van der Waals surface area contributed by atoms with Gasteiger partial charge in [-0.3, -0.25) is 0 Å². The van der Waals surface area contributed by atoms with Crippen molar-refractivity contribution in [3.8, 4) is 5.75 Å². The zero-order chi connectivity index (χ0) is 23.6. The summed E-state index contributed by atoms with van der Waals surface area (Å²) in [5.74, 6) is 0.905. The molecule has 0 aliphatic rings. The molecule has 2 aromatic heterocycles. The summed E-state index contributed by atoms with van der Waals surface area (Å²) in [7, 11) is 0. The summed E-state index contributed by atoms with van der Waals surface area (Å²) in [6.07, 6.45) is 1.73. The van der Waals surface area contributed by atoms with Gasteiger partial charge in [-0.2, -0.15) is 9.97 Å². The Balaban J connectivity index is 1.71. The molecule has 0 spiro atoms. The lowest BCUT2D eigenvalue weighted by Gasteiger charge is -2.26. The monoisotopic (exact) mass is 466 g/mol. The summed E-state index contributed by atoms with van der Waals surface area (Å²) in [5, 5.41) is 27.3. The fourth-order valence-corrected chi connectivity index (χ4v) is 3.47. The Bertz CT molecular complexity index is 1250. The van der Waals surface area contributed by atoms with Gasteiger partial charge in [0.15, 0.2) is 17.0 Å². The molecule has 1 unspecified atom stereocenters. The van der Waals surface area contributed by atoms with Crippen molar-refractivity contribution in [2.45, 2.75) is 45.5 Å². The first-order chi connectivity index (χ1) is 15.7. The third-order valence-corrected chi connectivity index (χ3v) is 5.89. The molecule has 9 heteroatoms. The fourth-order valence-electron chi connectivity index (χ4n) is 3.28. The average Bonchev–Trinajstić information content (AvgIpc) is 3.17. The molecule has 33 heavy (non-hydrogen) atoms. The standard InChI is InChI=1S/C24H27ClN6O2/c1-15(24(2,3)33)28-23-29-21(26-12-17-10-7-11-18(25)20(17)32)19-22(30-23)31(14-27-19)13-16-8-5-4-6-9-16/h4-11,14-15,32-33H,12-13H2,1-3H3,(H2,26,28,29,30). The largest absolute Gasteiger partial charge is 0.506 e. The predicted octanol–water partition coefficient (Wildman–Crippen LogP) is 4.42. The Hall–Kier alpha value is -3.36. The van der Waals surface area contributed by atoms with Crippen molar-refractivity contribution in [2.24, 2.45) is 0 Å². The molecule has 4 rings (SSSR count). The Morgan fingerprint density at radius 1 is 1.09 bits per heavy atom. The van der Waals surface area contributed by atoms with Crippen LogP contribution in [0, 0.1) is 0 Å². The van der Waals surface area contributed by atoms with Gasteiger partial charge >= 0.3 is 0 Å². The molecule has 4 aromatic rings. The zero-order valence-corrected chi connectivity index (χ0v) is 19.5. The summed E-state index contributed by atoms with van der Waals surface area (Å²) >= 11 is 6.04. The summed E-state index contributed by atoms with van der Waals surface area (Å²) in [4.78, 5) is 13.8. The maximum atomic E-state index is 10.4. The van der Waals surface area contributed by atoms with Gasteiger partial charge in [-0.05, 0) is 32.4 Å². The number of phenolic OH excluding ortho intramolecular Hbond substituents is 1. The number of benzene rings is 2. The van der Waals surface area contributed by atoms with E-state index in [0.717, 1.165) is 5.56 Å². The van der Waals surface area contributed by atoms with Gasteiger partial charge in [0.25, 0.3) is 0 Å². The van der Waals surface area contributed by atoms with Crippen LogP contribution in [0.4, 0.5) is 11.8 Å². The number of phenols is 1. The minimum Gasteiger partial charge on any atom is -0.506 e. The normalized spacial score (nSPS) is 12.6. The van der Waals surface area contributed by atoms with Gasteiger partial charge in [0, 0.05) is 12.1 Å². The molecule has 8 nitrogen and oxygen atoms in total. The Morgan fingerprint density at radius 3 is 2.58 bits per heavy atom. The lowest BCUT2D eigenvalue weighted by molar-refractivity contribution is 0.0646. The van der Waals surface area contributed by atoms with Crippen molar-refractivity contribution in [1.29, 1.82) is 0 Å². The van der Waals surface area contributed by atoms with Crippen molar-refractivity contribution in [2.75, 3.05) is 10.6 Å². The Labute approximate surface area is 197 Å². The minimum atomic E-state index is -0.969. The topological polar surface area (TPSA) is 108 Å². The van der Waals surface area contributed by atoms with Gasteiger partial charge in [0.05, 0.1) is 29.5 Å². The maximum absolute atomic E-state index is 10.4. The first-order valence-electron chi connectivity index (χ1n) is 10.7. The lowest BCUT2D eigenvalue weighted by atomic mass is 10.0. The van der Waals surface area contributed by atoms with Crippen LogP contribution in [0.15, 0.2) is 54.9 Å². The maximum Gasteiger partial charge on any atom is 0.227 e. The molecule has 2 heterocycles. The van der Waals surface area contributed by atoms with Gasteiger partial charge in [-0.25, -0.2) is 4.98 Å². The molecule has 0 radical (unpaired) electrons. The molecule has 0 aliphatic heterocycles. The van der Waals surface area contributed by atoms with Gasteiger partial charge in [0.2, 0.25) is 5.95 Å². The van der Waals surface area contributed by atoms with E-state index in [2.05, 4.69) is 25.6 Å². The van der Waals surface area contributed by atoms with E-state index in [9.17, 15) is 10.2 Å². The molecule has 1 atom stereocenters. The quantitative estimate of drug-likeness (QED) is 0.304. The molecule has 4 N–H and O–H groups in total. The number of imidazole rings is 1. The molecule has 0 amide bonds. The second-order valence-corrected chi connectivity index (χ2v) is 8.95. The number of hydrogen-bond donors (Lipinski definition) is 4. The van der Waals surface area contributed by atoms with Crippen molar-refractivity contribution in [1.82, 2.24) is 19.5 Å². The van der Waals surface area contributed by atoms with Crippen LogP contribution in [0.3, 0.4) is 0 Å². The first kappa shape index (κ1) is 22.8. The van der Waals surface area contributed by atoms with Crippen LogP contribution in [0.1, 0.15) is 31.9 Å². The van der Waals surface area contributed by atoms with E-state index in [4.69, 9.17) is 11.6 Å². The number of nitrogens with one attached hydrogen (secondary N) is 2. The molecule has 0 bridgehead atoms. The number of anilines is 2. The molecular formula is C24H27ClN6O2. The van der Waals surface area contributed by atoms with Crippen LogP contribution in [-0.2, 0) is 13.1 Å². The number of aromatic hydroxyl groups is 1. The van der Waals surface area contributed by atoms with E-state index in [1.54, 1.807) is 38.4 Å². The fraction of sp³-hybridized carbons (Fsp3) is 0.292. The minimum absolute atomic E-state index is 0.0283. The van der Waals surface area contributed by atoms with Gasteiger partial charge < -0.3 is 25.4 Å². The highest BCUT2D eigenvalue weighted by molar-refractivity contribution is 6.32. The summed E-state index contributed by atoms with van der Waals surface area (Å²) in [5.41, 5.74) is 2.04. The number of rotatable bonds is 8. The number of fused-ring (bicyclic) bond motifs is 1. The van der Waals surface area contributed by atoms with Crippen LogP contribution < -0.4 is 10.6 Å². The van der Waals surface area contributed by atoms with Crippen LogP contribution in [0.2, 0.25) is 5.02 Å². The van der Waals surface area contributed by atoms with Crippen LogP contribution >= 0.6 is 11.6 Å². The highest BCUT2D eigenvalue weighted by atomic mass is 35.5. The highest BCUT2D eigenvalue weighted by Gasteiger charge is 2.24. The molecule has 0 aliphatic carbocycles. The number of hydrogen-bond acceptors (Lipinski definition) is 7. The predicted molar refractivity (Wildman–Crippen MR) is 131 cm³/mol. The van der Waals surface area contributed by atoms with Crippen molar-refractivity contribution in [3.63, 3.8) is 0 Å². The van der Waals surface area contributed by atoms with Crippen LogP contribution in [0.25, 0.3) is 11.2 Å². The van der Waals surface area contributed by atoms with E-state index in [1.807, 2.05) is 41.8 Å². The molecule has 2 aromatic carbocycles. The summed E-state index contributed by atoms with van der Waals surface area (Å²) in [6.45, 7) is 6.22. The third kappa shape index (κ3) is 5.18. The second-order valence-electron chi connectivity index (χ2n) is 8.55. The smallest absolute Gasteiger partial charge is 0.227 e. The number of halogens is 1. The molecule has 0 saturated heterocycles. The van der Waals surface area contributed by atoms with Crippen molar-refractivity contribution in [3.05, 3.63) is 71.0 Å². The van der Waals surface area contributed by atoms with E-state index in [1.165, 1.54) is 0 Å². The van der Waals surface area contributed by atoms with E-state index in [0.29, 0.717) is 41.6 Å².